The lowest BCUT2D eigenvalue weighted by Gasteiger charge is -2.38. The average molecular weight is 320 g/mol. The van der Waals surface area contributed by atoms with E-state index in [1.165, 1.54) is 0 Å². The van der Waals surface area contributed by atoms with Crippen molar-refractivity contribution in [3.05, 3.63) is 30.1 Å². The minimum atomic E-state index is -0.122. The molecule has 1 atom stereocenters. The second-order valence-electron chi connectivity index (χ2n) is 6.31. The van der Waals surface area contributed by atoms with Crippen LogP contribution in [0.4, 0.5) is 0 Å². The van der Waals surface area contributed by atoms with Crippen molar-refractivity contribution in [1.82, 2.24) is 9.88 Å². The molecule has 2 saturated heterocycles. The molecule has 6 heteroatoms. The fourth-order valence-electron chi connectivity index (χ4n) is 3.33. The topological polar surface area (TPSA) is 60.9 Å². The Hall–Kier alpha value is -1.50. The molecule has 0 saturated carbocycles. The van der Waals surface area contributed by atoms with Gasteiger partial charge in [0, 0.05) is 39.0 Å². The third-order valence-electron chi connectivity index (χ3n) is 4.68. The van der Waals surface area contributed by atoms with Gasteiger partial charge in [-0.3, -0.25) is 9.78 Å². The first-order valence-corrected chi connectivity index (χ1v) is 8.12. The van der Waals surface area contributed by atoms with E-state index >= 15 is 0 Å². The van der Waals surface area contributed by atoms with Crippen molar-refractivity contribution >= 4 is 5.91 Å². The molecule has 0 aromatic carbocycles. The van der Waals surface area contributed by atoms with Gasteiger partial charge in [-0.15, -0.1) is 0 Å². The van der Waals surface area contributed by atoms with Crippen LogP contribution in [0.2, 0.25) is 0 Å². The van der Waals surface area contributed by atoms with E-state index in [2.05, 4.69) is 4.98 Å². The molecule has 0 unspecified atom stereocenters. The van der Waals surface area contributed by atoms with Crippen LogP contribution in [0.15, 0.2) is 24.5 Å². The zero-order valence-corrected chi connectivity index (χ0v) is 13.6. The molecule has 0 aliphatic carbocycles. The summed E-state index contributed by atoms with van der Waals surface area (Å²) in [5.74, 6) is 0.0599. The summed E-state index contributed by atoms with van der Waals surface area (Å²) >= 11 is 0. The van der Waals surface area contributed by atoms with Crippen molar-refractivity contribution in [2.24, 2.45) is 0 Å². The zero-order valence-electron chi connectivity index (χ0n) is 13.6. The number of hydrogen-bond acceptors (Lipinski definition) is 5. The van der Waals surface area contributed by atoms with Crippen molar-refractivity contribution in [3.8, 4) is 0 Å². The molecule has 1 aromatic heterocycles. The van der Waals surface area contributed by atoms with Crippen LogP contribution >= 0.6 is 0 Å². The largest absolute Gasteiger partial charge is 0.375 e. The fourth-order valence-corrected chi connectivity index (χ4v) is 3.33. The molecule has 1 spiro atoms. The summed E-state index contributed by atoms with van der Waals surface area (Å²) in [5.41, 5.74) is 0.956. The Morgan fingerprint density at radius 2 is 2.30 bits per heavy atom. The van der Waals surface area contributed by atoms with Crippen LogP contribution in [0.25, 0.3) is 0 Å². The molecule has 0 radical (unpaired) electrons. The summed E-state index contributed by atoms with van der Waals surface area (Å²) in [5, 5.41) is 0. The standard InChI is InChI=1S/C17H24N2O4/c1-21-13-16(20)19-7-4-17(5-8-19)9-15(12-23-17)22-11-14-3-2-6-18-10-14/h2-3,6,10,15H,4-5,7-9,11-13H2,1H3/t15-/m0/s1. The highest BCUT2D eigenvalue weighted by Crippen LogP contribution is 2.37. The van der Waals surface area contributed by atoms with Crippen molar-refractivity contribution < 1.29 is 19.0 Å². The molecule has 2 aliphatic rings. The highest BCUT2D eigenvalue weighted by Gasteiger charge is 2.43. The number of piperidine rings is 1. The summed E-state index contributed by atoms with van der Waals surface area (Å²) in [6.45, 7) is 2.82. The van der Waals surface area contributed by atoms with Gasteiger partial charge >= 0.3 is 0 Å². The predicted octanol–water partition coefficient (Wildman–Crippen LogP) is 1.39. The van der Waals surface area contributed by atoms with Gasteiger partial charge in [-0.1, -0.05) is 6.07 Å². The predicted molar refractivity (Wildman–Crippen MR) is 83.8 cm³/mol. The van der Waals surface area contributed by atoms with Crippen LogP contribution in [-0.2, 0) is 25.6 Å². The van der Waals surface area contributed by atoms with Crippen molar-refractivity contribution in [3.63, 3.8) is 0 Å². The molecule has 2 aliphatic heterocycles. The first kappa shape index (κ1) is 16.4. The van der Waals surface area contributed by atoms with Crippen molar-refractivity contribution in [1.29, 1.82) is 0 Å². The van der Waals surface area contributed by atoms with Gasteiger partial charge in [0.25, 0.3) is 0 Å². The second kappa shape index (κ2) is 7.38. The molecule has 6 nitrogen and oxygen atoms in total. The molecule has 0 bridgehead atoms. The fraction of sp³-hybridized carbons (Fsp3) is 0.647. The normalized spacial score (nSPS) is 23.3. The van der Waals surface area contributed by atoms with Crippen LogP contribution in [0.1, 0.15) is 24.8 Å². The number of rotatable bonds is 5. The maximum Gasteiger partial charge on any atom is 0.248 e. The summed E-state index contributed by atoms with van der Waals surface area (Å²) < 4.78 is 16.9. The maximum absolute atomic E-state index is 11.9. The number of carbonyl (C=O) groups is 1. The van der Waals surface area contributed by atoms with Crippen molar-refractivity contribution in [2.75, 3.05) is 33.4 Å². The highest BCUT2D eigenvalue weighted by molar-refractivity contribution is 5.77. The first-order chi connectivity index (χ1) is 11.2. The lowest BCUT2D eigenvalue weighted by atomic mass is 9.88. The Balaban J connectivity index is 1.45. The summed E-state index contributed by atoms with van der Waals surface area (Å²) in [6, 6.07) is 3.93. The number of carbonyl (C=O) groups excluding carboxylic acids is 1. The van der Waals surface area contributed by atoms with E-state index < -0.39 is 0 Å². The van der Waals surface area contributed by atoms with E-state index in [0.717, 1.165) is 37.9 Å². The van der Waals surface area contributed by atoms with E-state index in [0.29, 0.717) is 13.2 Å². The number of amides is 1. The van der Waals surface area contributed by atoms with E-state index in [-0.39, 0.29) is 24.2 Å². The number of hydrogen-bond donors (Lipinski definition) is 0. The van der Waals surface area contributed by atoms with Gasteiger partial charge in [-0.05, 0) is 24.5 Å². The van der Waals surface area contributed by atoms with Gasteiger partial charge in [-0.2, -0.15) is 0 Å². The quantitative estimate of drug-likeness (QED) is 0.820. The second-order valence-corrected chi connectivity index (χ2v) is 6.31. The maximum atomic E-state index is 11.9. The number of pyridine rings is 1. The van der Waals surface area contributed by atoms with E-state index in [4.69, 9.17) is 14.2 Å². The van der Waals surface area contributed by atoms with Crippen LogP contribution in [0.3, 0.4) is 0 Å². The van der Waals surface area contributed by atoms with Crippen molar-refractivity contribution in [2.45, 2.75) is 37.6 Å². The Kier molecular flexibility index (Phi) is 5.25. The van der Waals surface area contributed by atoms with Gasteiger partial charge in [0.05, 0.1) is 24.9 Å². The van der Waals surface area contributed by atoms with Gasteiger partial charge in [-0.25, -0.2) is 0 Å². The summed E-state index contributed by atoms with van der Waals surface area (Å²) in [6.07, 6.45) is 6.35. The third-order valence-corrected chi connectivity index (χ3v) is 4.68. The third kappa shape index (κ3) is 4.07. The van der Waals surface area contributed by atoms with Crippen LogP contribution in [0, 0.1) is 0 Å². The Bertz CT molecular complexity index is 515. The Labute approximate surface area is 136 Å². The SMILES string of the molecule is COCC(=O)N1CCC2(CC1)C[C@H](OCc1cccnc1)CO2. The first-order valence-electron chi connectivity index (χ1n) is 8.12. The van der Waals surface area contributed by atoms with Gasteiger partial charge < -0.3 is 19.1 Å². The van der Waals surface area contributed by atoms with E-state index in [1.807, 2.05) is 23.2 Å². The highest BCUT2D eigenvalue weighted by atomic mass is 16.6. The Morgan fingerprint density at radius 3 is 3.00 bits per heavy atom. The number of likely N-dealkylation sites (tertiary alicyclic amines) is 1. The summed E-state index contributed by atoms with van der Waals surface area (Å²) in [7, 11) is 1.55. The number of nitrogens with zero attached hydrogens (tertiary/aromatic N) is 2. The summed E-state index contributed by atoms with van der Waals surface area (Å²) in [4.78, 5) is 17.8. The lowest BCUT2D eigenvalue weighted by molar-refractivity contribution is -0.139. The zero-order chi connectivity index (χ0) is 16.1. The molecule has 0 N–H and O–H groups in total. The smallest absolute Gasteiger partial charge is 0.248 e. The van der Waals surface area contributed by atoms with Gasteiger partial charge in [0.2, 0.25) is 5.91 Å². The molecule has 1 aromatic rings. The van der Waals surface area contributed by atoms with E-state index in [9.17, 15) is 4.79 Å². The minimum absolute atomic E-state index is 0.0599. The molecule has 2 fully saturated rings. The Morgan fingerprint density at radius 1 is 1.48 bits per heavy atom. The van der Waals surface area contributed by atoms with Crippen LogP contribution < -0.4 is 0 Å². The monoisotopic (exact) mass is 320 g/mol. The molecule has 3 heterocycles. The van der Waals surface area contributed by atoms with Gasteiger partial charge in [0.1, 0.15) is 6.61 Å². The number of aromatic nitrogens is 1. The van der Waals surface area contributed by atoms with E-state index in [1.54, 1.807) is 13.3 Å². The molecule has 23 heavy (non-hydrogen) atoms. The molecule has 1 amide bonds. The molecular weight excluding hydrogens is 296 g/mol. The lowest BCUT2D eigenvalue weighted by Crippen LogP contribution is -2.47. The molecule has 126 valence electrons. The average Bonchev–Trinajstić information content (AvgIpc) is 2.98. The number of ether oxygens (including phenoxy) is 3. The minimum Gasteiger partial charge on any atom is -0.375 e. The van der Waals surface area contributed by atoms with Gasteiger partial charge in [0.15, 0.2) is 0 Å². The molecule has 3 rings (SSSR count). The number of methoxy groups -OCH3 is 1. The van der Waals surface area contributed by atoms with Crippen LogP contribution in [0.5, 0.6) is 0 Å². The van der Waals surface area contributed by atoms with Crippen LogP contribution in [-0.4, -0.2) is 60.9 Å². The molecular formula is C17H24N2O4.